The Morgan fingerprint density at radius 1 is 1.22 bits per heavy atom. The first-order chi connectivity index (χ1) is 11.0. The molecule has 2 N–H and O–H groups in total. The fourth-order valence-corrected chi connectivity index (χ4v) is 4.45. The molecule has 3 aromatic rings. The summed E-state index contributed by atoms with van der Waals surface area (Å²) < 4.78 is 37.6. The standard InChI is InChI=1S/C14H12ClNO5S2/c15-13-5-6-14(22-13)23(18,19)16-8-9(17)10-3-4-12(21-10)11-2-1-7-20-11/h1-7,9,16-17H,8H2. The van der Waals surface area contributed by atoms with Crippen LogP contribution in [0.3, 0.4) is 0 Å². The van der Waals surface area contributed by atoms with Crippen molar-refractivity contribution in [1.82, 2.24) is 4.72 Å². The van der Waals surface area contributed by atoms with Gasteiger partial charge in [0.25, 0.3) is 0 Å². The van der Waals surface area contributed by atoms with Crippen molar-refractivity contribution in [3.63, 3.8) is 0 Å². The molecule has 0 aliphatic carbocycles. The molecule has 0 fully saturated rings. The Bertz CT molecular complexity index is 882. The van der Waals surface area contributed by atoms with Crippen molar-refractivity contribution in [3.05, 3.63) is 52.8 Å². The van der Waals surface area contributed by atoms with E-state index in [9.17, 15) is 13.5 Å². The number of rotatable bonds is 6. The summed E-state index contributed by atoms with van der Waals surface area (Å²) in [5.74, 6) is 1.22. The van der Waals surface area contributed by atoms with Crippen LogP contribution in [0.25, 0.3) is 11.5 Å². The summed E-state index contributed by atoms with van der Waals surface area (Å²) in [4.78, 5) is 0. The van der Waals surface area contributed by atoms with Gasteiger partial charge in [-0.2, -0.15) is 0 Å². The third kappa shape index (κ3) is 3.67. The van der Waals surface area contributed by atoms with Crippen molar-refractivity contribution in [2.45, 2.75) is 10.3 Å². The van der Waals surface area contributed by atoms with Gasteiger partial charge in [-0.05, 0) is 36.4 Å². The molecule has 0 aliphatic heterocycles. The van der Waals surface area contributed by atoms with Crippen molar-refractivity contribution in [1.29, 1.82) is 0 Å². The molecule has 23 heavy (non-hydrogen) atoms. The van der Waals surface area contributed by atoms with Crippen LogP contribution >= 0.6 is 22.9 Å². The lowest BCUT2D eigenvalue weighted by Gasteiger charge is -2.09. The van der Waals surface area contributed by atoms with Crippen LogP contribution in [0.1, 0.15) is 11.9 Å². The highest BCUT2D eigenvalue weighted by Gasteiger charge is 2.20. The van der Waals surface area contributed by atoms with Gasteiger partial charge in [-0.25, -0.2) is 13.1 Å². The van der Waals surface area contributed by atoms with Crippen LogP contribution in [0, 0.1) is 0 Å². The Morgan fingerprint density at radius 2 is 2.04 bits per heavy atom. The van der Waals surface area contributed by atoms with Crippen LogP contribution in [0.15, 0.2) is 55.7 Å². The van der Waals surface area contributed by atoms with Gasteiger partial charge in [-0.15, -0.1) is 11.3 Å². The zero-order chi connectivity index (χ0) is 16.4. The van der Waals surface area contributed by atoms with Crippen LogP contribution < -0.4 is 4.72 Å². The number of furan rings is 2. The predicted octanol–water partition coefficient (Wildman–Crippen LogP) is 3.27. The topological polar surface area (TPSA) is 92.7 Å². The second-order valence-electron chi connectivity index (χ2n) is 4.61. The van der Waals surface area contributed by atoms with Gasteiger partial charge in [-0.1, -0.05) is 11.6 Å². The quantitative estimate of drug-likeness (QED) is 0.691. The minimum Gasteiger partial charge on any atom is -0.461 e. The highest BCUT2D eigenvalue weighted by Crippen LogP contribution is 2.27. The first-order valence-electron chi connectivity index (χ1n) is 6.52. The lowest BCUT2D eigenvalue weighted by molar-refractivity contribution is 0.154. The first-order valence-corrected chi connectivity index (χ1v) is 9.20. The number of hydrogen-bond donors (Lipinski definition) is 2. The lowest BCUT2D eigenvalue weighted by atomic mass is 10.3. The van der Waals surface area contributed by atoms with Crippen molar-refractivity contribution in [3.8, 4) is 11.5 Å². The Hall–Kier alpha value is -1.58. The molecule has 0 aliphatic rings. The van der Waals surface area contributed by atoms with E-state index in [2.05, 4.69) is 4.72 Å². The highest BCUT2D eigenvalue weighted by molar-refractivity contribution is 7.91. The summed E-state index contributed by atoms with van der Waals surface area (Å²) in [6.45, 7) is -0.219. The molecular formula is C14H12ClNO5S2. The molecule has 3 aromatic heterocycles. The van der Waals surface area contributed by atoms with Gasteiger partial charge in [0.2, 0.25) is 10.0 Å². The van der Waals surface area contributed by atoms with E-state index in [-0.39, 0.29) is 16.5 Å². The molecule has 6 nitrogen and oxygen atoms in total. The molecular weight excluding hydrogens is 362 g/mol. The Balaban J connectivity index is 1.67. The van der Waals surface area contributed by atoms with Crippen LogP contribution in [0.2, 0.25) is 4.34 Å². The molecule has 122 valence electrons. The van der Waals surface area contributed by atoms with Gasteiger partial charge < -0.3 is 13.9 Å². The largest absolute Gasteiger partial charge is 0.461 e. The first kappa shape index (κ1) is 16.3. The summed E-state index contributed by atoms with van der Waals surface area (Å²) in [5.41, 5.74) is 0. The van der Waals surface area contributed by atoms with Crippen molar-refractivity contribution < 1.29 is 22.4 Å². The van der Waals surface area contributed by atoms with E-state index in [0.29, 0.717) is 15.9 Å². The predicted molar refractivity (Wildman–Crippen MR) is 85.9 cm³/mol. The molecule has 0 aromatic carbocycles. The van der Waals surface area contributed by atoms with Crippen LogP contribution in [-0.4, -0.2) is 20.1 Å². The minimum absolute atomic E-state index is 0.0884. The fourth-order valence-electron chi connectivity index (χ4n) is 1.89. The summed E-state index contributed by atoms with van der Waals surface area (Å²) in [6, 6.07) is 9.55. The van der Waals surface area contributed by atoms with Crippen molar-refractivity contribution >= 4 is 33.0 Å². The van der Waals surface area contributed by atoms with E-state index in [4.69, 9.17) is 20.4 Å². The number of hydrogen-bond acceptors (Lipinski definition) is 6. The number of nitrogens with one attached hydrogen (secondary N) is 1. The SMILES string of the molecule is O=S(=O)(NCC(O)c1ccc(-c2ccco2)o1)c1ccc(Cl)s1. The third-order valence-electron chi connectivity index (χ3n) is 3.00. The van der Waals surface area contributed by atoms with Crippen LogP contribution in [0.4, 0.5) is 0 Å². The van der Waals surface area contributed by atoms with Gasteiger partial charge in [0.15, 0.2) is 11.5 Å². The summed E-state index contributed by atoms with van der Waals surface area (Å²) in [6.07, 6.45) is 0.387. The van der Waals surface area contributed by atoms with Crippen molar-refractivity contribution in [2.75, 3.05) is 6.54 Å². The summed E-state index contributed by atoms with van der Waals surface area (Å²) in [5, 5.41) is 10.1. The molecule has 9 heteroatoms. The molecule has 3 heterocycles. The molecule has 3 rings (SSSR count). The van der Waals surface area contributed by atoms with Gasteiger partial charge in [0.1, 0.15) is 16.1 Å². The summed E-state index contributed by atoms with van der Waals surface area (Å²) in [7, 11) is -3.72. The van der Waals surface area contributed by atoms with E-state index in [1.54, 1.807) is 24.3 Å². The van der Waals surface area contributed by atoms with Crippen LogP contribution in [0.5, 0.6) is 0 Å². The zero-order valence-corrected chi connectivity index (χ0v) is 14.0. The van der Waals surface area contributed by atoms with Gasteiger partial charge in [0.05, 0.1) is 10.6 Å². The number of thiophene rings is 1. The summed E-state index contributed by atoms with van der Waals surface area (Å²) >= 11 is 6.67. The third-order valence-corrected chi connectivity index (χ3v) is 6.15. The average molecular weight is 374 g/mol. The highest BCUT2D eigenvalue weighted by atomic mass is 35.5. The maximum absolute atomic E-state index is 12.1. The molecule has 0 radical (unpaired) electrons. The second-order valence-corrected chi connectivity index (χ2v) is 8.31. The van der Waals surface area contributed by atoms with Gasteiger partial charge in [-0.3, -0.25) is 0 Å². The molecule has 0 spiro atoms. The van der Waals surface area contributed by atoms with Crippen LogP contribution in [-0.2, 0) is 10.0 Å². The maximum Gasteiger partial charge on any atom is 0.250 e. The minimum atomic E-state index is -3.72. The molecule has 0 saturated carbocycles. The number of sulfonamides is 1. The van der Waals surface area contributed by atoms with E-state index in [1.165, 1.54) is 18.4 Å². The van der Waals surface area contributed by atoms with Gasteiger partial charge >= 0.3 is 0 Å². The molecule has 0 bridgehead atoms. The van der Waals surface area contributed by atoms with Gasteiger partial charge in [0, 0.05) is 6.54 Å². The maximum atomic E-state index is 12.1. The van der Waals surface area contributed by atoms with E-state index in [1.807, 2.05) is 0 Å². The number of aliphatic hydroxyl groups excluding tert-OH is 1. The smallest absolute Gasteiger partial charge is 0.250 e. The monoisotopic (exact) mass is 373 g/mol. The average Bonchev–Trinajstić information content (AvgIpc) is 3.24. The van der Waals surface area contributed by atoms with E-state index >= 15 is 0 Å². The molecule has 1 unspecified atom stereocenters. The van der Waals surface area contributed by atoms with E-state index in [0.717, 1.165) is 11.3 Å². The van der Waals surface area contributed by atoms with E-state index < -0.39 is 16.1 Å². The Labute approximate surface area is 141 Å². The Morgan fingerprint density at radius 3 is 2.70 bits per heavy atom. The zero-order valence-electron chi connectivity index (χ0n) is 11.6. The molecule has 1 atom stereocenters. The molecule has 0 amide bonds. The second kappa shape index (κ2) is 6.50. The molecule has 0 saturated heterocycles. The Kier molecular flexibility index (Phi) is 4.60. The van der Waals surface area contributed by atoms with Crippen molar-refractivity contribution in [2.24, 2.45) is 0 Å². The fraction of sp³-hybridized carbons (Fsp3) is 0.143. The lowest BCUT2D eigenvalue weighted by Crippen LogP contribution is -2.27. The number of aliphatic hydroxyl groups is 1. The number of halogens is 1. The normalized spacial score (nSPS) is 13.3.